The van der Waals surface area contributed by atoms with Crippen LogP contribution < -0.4 is 14.8 Å². The minimum Gasteiger partial charge on any atom is -0.493 e. The number of fused-ring (bicyclic) bond motifs is 1. The molecule has 196 valence electrons. The van der Waals surface area contributed by atoms with E-state index in [1.165, 1.54) is 25.3 Å². The Morgan fingerprint density at radius 3 is 2.66 bits per heavy atom. The van der Waals surface area contributed by atoms with Crippen LogP contribution in [0.5, 0.6) is 11.5 Å². The number of esters is 2. The van der Waals surface area contributed by atoms with E-state index in [0.717, 1.165) is 10.5 Å². The number of nitro groups is 1. The molecule has 0 atom stereocenters. The van der Waals surface area contributed by atoms with Crippen LogP contribution in [0.15, 0.2) is 59.2 Å². The van der Waals surface area contributed by atoms with E-state index in [4.69, 9.17) is 25.8 Å². The fourth-order valence-electron chi connectivity index (χ4n) is 3.59. The number of hydrogen-bond donors (Lipinski definition) is 1. The van der Waals surface area contributed by atoms with Gasteiger partial charge in [0, 0.05) is 22.3 Å². The first kappa shape index (κ1) is 26.9. The number of aromatic nitrogens is 2. The monoisotopic (exact) mass is 602 g/mol. The summed E-state index contributed by atoms with van der Waals surface area (Å²) in [5.41, 5.74) is 1.27. The van der Waals surface area contributed by atoms with Crippen molar-refractivity contribution in [3.63, 3.8) is 0 Å². The lowest BCUT2D eigenvalue weighted by molar-refractivity contribution is -0.384. The molecule has 0 saturated heterocycles. The summed E-state index contributed by atoms with van der Waals surface area (Å²) in [6, 6.07) is 12.1. The molecule has 0 aliphatic carbocycles. The van der Waals surface area contributed by atoms with Crippen LogP contribution in [0.2, 0.25) is 5.02 Å². The van der Waals surface area contributed by atoms with Crippen molar-refractivity contribution in [3.05, 3.63) is 79.9 Å². The van der Waals surface area contributed by atoms with E-state index in [9.17, 15) is 19.7 Å². The van der Waals surface area contributed by atoms with E-state index in [0.29, 0.717) is 22.7 Å². The number of imidazole rings is 1. The van der Waals surface area contributed by atoms with Crippen LogP contribution in [0, 0.1) is 10.1 Å². The van der Waals surface area contributed by atoms with E-state index < -0.39 is 22.5 Å². The SMILES string of the molecule is CCOC(=O)CNc1c(-c2ccc(OC(=O)c3ccc(Cl)c([N+](=O)[O-])c3)c(OC)c2)nc2ccc(Br)cn12. The van der Waals surface area contributed by atoms with Gasteiger partial charge in [-0.25, -0.2) is 9.78 Å². The maximum atomic E-state index is 12.7. The molecule has 2 heterocycles. The predicted molar refractivity (Wildman–Crippen MR) is 143 cm³/mol. The molecule has 0 bridgehead atoms. The summed E-state index contributed by atoms with van der Waals surface area (Å²) in [5.74, 6) is -0.411. The van der Waals surface area contributed by atoms with Crippen LogP contribution in [0.25, 0.3) is 16.9 Å². The largest absolute Gasteiger partial charge is 0.493 e. The van der Waals surface area contributed by atoms with Crippen molar-refractivity contribution in [3.8, 4) is 22.8 Å². The summed E-state index contributed by atoms with van der Waals surface area (Å²) in [6.07, 6.45) is 1.80. The third kappa shape index (κ3) is 5.71. The first-order chi connectivity index (χ1) is 18.2. The Bertz CT molecular complexity index is 1560. The first-order valence-corrected chi connectivity index (χ1v) is 12.3. The maximum absolute atomic E-state index is 12.7. The number of benzene rings is 2. The van der Waals surface area contributed by atoms with Crippen molar-refractivity contribution in [2.45, 2.75) is 6.92 Å². The first-order valence-electron chi connectivity index (χ1n) is 11.1. The molecule has 0 fully saturated rings. The average molecular weight is 604 g/mol. The molecular formula is C25H20BrClN4O7. The molecule has 0 amide bonds. The van der Waals surface area contributed by atoms with Crippen LogP contribution in [0.1, 0.15) is 17.3 Å². The second kappa shape index (κ2) is 11.5. The molecule has 1 N–H and O–H groups in total. The van der Waals surface area contributed by atoms with Crippen molar-refractivity contribution in [1.82, 2.24) is 9.38 Å². The third-order valence-electron chi connectivity index (χ3n) is 5.31. The molecule has 0 saturated carbocycles. The van der Waals surface area contributed by atoms with Crippen LogP contribution in [0.3, 0.4) is 0 Å². The Morgan fingerprint density at radius 1 is 1.16 bits per heavy atom. The van der Waals surface area contributed by atoms with Crippen LogP contribution in [-0.4, -0.2) is 46.5 Å². The van der Waals surface area contributed by atoms with Gasteiger partial charge in [0.05, 0.1) is 24.2 Å². The van der Waals surface area contributed by atoms with Crippen molar-refractivity contribution in [2.75, 3.05) is 25.6 Å². The molecule has 4 rings (SSSR count). The predicted octanol–water partition coefficient (Wildman–Crippen LogP) is 5.53. The second-order valence-electron chi connectivity index (χ2n) is 7.72. The van der Waals surface area contributed by atoms with E-state index in [1.807, 2.05) is 12.1 Å². The number of rotatable bonds is 9. The number of ether oxygens (including phenoxy) is 3. The van der Waals surface area contributed by atoms with Gasteiger partial charge >= 0.3 is 11.9 Å². The van der Waals surface area contributed by atoms with Crippen molar-refractivity contribution in [2.24, 2.45) is 0 Å². The Morgan fingerprint density at radius 2 is 1.95 bits per heavy atom. The summed E-state index contributed by atoms with van der Waals surface area (Å²) in [5, 5.41) is 14.2. The van der Waals surface area contributed by atoms with Crippen LogP contribution >= 0.6 is 27.5 Å². The molecule has 2 aromatic carbocycles. The van der Waals surface area contributed by atoms with Gasteiger partial charge in [0.1, 0.15) is 28.7 Å². The molecule has 0 radical (unpaired) electrons. The van der Waals surface area contributed by atoms with E-state index >= 15 is 0 Å². The lowest BCUT2D eigenvalue weighted by atomic mass is 10.1. The Hall–Kier alpha value is -4.16. The van der Waals surface area contributed by atoms with Gasteiger partial charge in [-0.1, -0.05) is 11.6 Å². The van der Waals surface area contributed by atoms with E-state index in [-0.39, 0.29) is 35.2 Å². The molecule has 0 aliphatic heterocycles. The molecule has 11 nitrogen and oxygen atoms in total. The number of methoxy groups -OCH3 is 1. The Labute approximate surface area is 229 Å². The van der Waals surface area contributed by atoms with Gasteiger partial charge in [-0.3, -0.25) is 19.3 Å². The van der Waals surface area contributed by atoms with E-state index in [1.54, 1.807) is 29.7 Å². The summed E-state index contributed by atoms with van der Waals surface area (Å²) < 4.78 is 18.5. The Kier molecular flexibility index (Phi) is 8.13. The number of anilines is 1. The third-order valence-corrected chi connectivity index (χ3v) is 6.09. The van der Waals surface area contributed by atoms with Gasteiger partial charge in [-0.05, 0) is 65.3 Å². The highest BCUT2D eigenvalue weighted by atomic mass is 79.9. The molecule has 2 aromatic heterocycles. The van der Waals surface area contributed by atoms with Gasteiger partial charge in [0.25, 0.3) is 5.69 Å². The number of nitro benzene ring substituents is 1. The zero-order valence-electron chi connectivity index (χ0n) is 20.1. The second-order valence-corrected chi connectivity index (χ2v) is 9.04. The number of nitrogens with one attached hydrogen (secondary N) is 1. The fourth-order valence-corrected chi connectivity index (χ4v) is 4.12. The van der Waals surface area contributed by atoms with Gasteiger partial charge in [0.2, 0.25) is 0 Å². The summed E-state index contributed by atoms with van der Waals surface area (Å²) in [7, 11) is 1.41. The summed E-state index contributed by atoms with van der Waals surface area (Å²) in [4.78, 5) is 39.9. The van der Waals surface area contributed by atoms with Crippen LogP contribution in [0.4, 0.5) is 11.5 Å². The molecule has 38 heavy (non-hydrogen) atoms. The maximum Gasteiger partial charge on any atom is 0.343 e. The highest BCUT2D eigenvalue weighted by molar-refractivity contribution is 9.10. The zero-order chi connectivity index (χ0) is 27.4. The number of halogens is 2. The van der Waals surface area contributed by atoms with Crippen LogP contribution in [-0.2, 0) is 9.53 Å². The van der Waals surface area contributed by atoms with Crippen molar-refractivity contribution < 1.29 is 28.7 Å². The highest BCUT2D eigenvalue weighted by Crippen LogP contribution is 2.36. The molecule has 13 heteroatoms. The minimum atomic E-state index is -0.829. The lowest BCUT2D eigenvalue weighted by Crippen LogP contribution is -2.17. The standard InChI is InChI=1S/C25H20BrClN4O7/c1-3-37-22(32)12-28-24-23(29-21-9-6-16(26)13-30(21)24)14-5-8-19(20(11-14)36-2)38-25(33)15-4-7-17(27)18(10-15)31(34)35/h4-11,13,28H,3,12H2,1-2H3. The molecular weight excluding hydrogens is 584 g/mol. The van der Waals surface area contributed by atoms with Gasteiger partial charge < -0.3 is 19.5 Å². The quantitative estimate of drug-likeness (QED) is 0.113. The minimum absolute atomic E-state index is 0.0522. The average Bonchev–Trinajstić information content (AvgIpc) is 3.25. The molecule has 0 aliphatic rings. The Balaban J connectivity index is 1.68. The zero-order valence-corrected chi connectivity index (χ0v) is 22.4. The fraction of sp³-hybridized carbons (Fsp3) is 0.160. The van der Waals surface area contributed by atoms with Gasteiger partial charge in [-0.15, -0.1) is 0 Å². The van der Waals surface area contributed by atoms with Gasteiger partial charge in [-0.2, -0.15) is 0 Å². The number of hydrogen-bond acceptors (Lipinski definition) is 9. The lowest BCUT2D eigenvalue weighted by Gasteiger charge is -2.12. The van der Waals surface area contributed by atoms with Gasteiger partial charge in [0.15, 0.2) is 11.5 Å². The number of nitrogens with zero attached hydrogens (tertiary/aromatic N) is 3. The topological polar surface area (TPSA) is 134 Å². The normalized spacial score (nSPS) is 10.7. The van der Waals surface area contributed by atoms with E-state index in [2.05, 4.69) is 26.2 Å². The molecule has 0 spiro atoms. The molecule has 0 unspecified atom stereocenters. The number of carbonyl (C=O) groups is 2. The summed E-state index contributed by atoms with van der Waals surface area (Å²) >= 11 is 9.28. The number of carbonyl (C=O) groups excluding carboxylic acids is 2. The van der Waals surface area contributed by atoms with Crippen molar-refractivity contribution >= 4 is 56.6 Å². The summed E-state index contributed by atoms with van der Waals surface area (Å²) in [6.45, 7) is 1.90. The highest BCUT2D eigenvalue weighted by Gasteiger charge is 2.21. The molecule has 4 aromatic rings. The smallest absolute Gasteiger partial charge is 0.343 e. The van der Waals surface area contributed by atoms with Crippen molar-refractivity contribution in [1.29, 1.82) is 0 Å². The number of pyridine rings is 1.